The van der Waals surface area contributed by atoms with Gasteiger partial charge >= 0.3 is 0 Å². The molecule has 0 aliphatic carbocycles. The number of anilines is 2. The van der Waals surface area contributed by atoms with E-state index in [1.807, 2.05) is 22.8 Å². The zero-order valence-electron chi connectivity index (χ0n) is 26.0. The predicted molar refractivity (Wildman–Crippen MR) is 168 cm³/mol. The van der Waals surface area contributed by atoms with Crippen molar-refractivity contribution in [2.24, 2.45) is 7.05 Å². The Balaban J connectivity index is 1.41. The van der Waals surface area contributed by atoms with Crippen LogP contribution in [0.2, 0.25) is 0 Å². The summed E-state index contributed by atoms with van der Waals surface area (Å²) in [5.41, 5.74) is 6.95. The third-order valence-corrected chi connectivity index (χ3v) is 9.57. The van der Waals surface area contributed by atoms with E-state index in [0.29, 0.717) is 43.7 Å². The summed E-state index contributed by atoms with van der Waals surface area (Å²) in [6.07, 6.45) is 6.32. The molecule has 43 heavy (non-hydrogen) atoms. The molecular weight excluding hydrogens is 540 g/mol. The molecule has 1 aromatic carbocycles. The molecule has 0 radical (unpaired) electrons. The fraction of sp³-hybridized carbons (Fsp3) is 0.515. The van der Waals surface area contributed by atoms with Crippen LogP contribution >= 0.6 is 0 Å². The molecule has 0 unspecified atom stereocenters. The molecule has 2 saturated heterocycles. The molecule has 2 fully saturated rings. The molecule has 1 amide bonds. The van der Waals surface area contributed by atoms with Gasteiger partial charge in [-0.3, -0.25) is 9.48 Å². The first-order valence-electron chi connectivity index (χ1n) is 15.4. The van der Waals surface area contributed by atoms with Crippen LogP contribution in [-0.2, 0) is 24.8 Å². The molecule has 3 aromatic rings. The van der Waals surface area contributed by atoms with Gasteiger partial charge in [-0.1, -0.05) is 12.6 Å². The lowest BCUT2D eigenvalue weighted by Gasteiger charge is -2.46. The Labute approximate surface area is 254 Å². The van der Waals surface area contributed by atoms with Crippen molar-refractivity contribution in [3.63, 3.8) is 0 Å². The van der Waals surface area contributed by atoms with Crippen molar-refractivity contribution in [1.29, 1.82) is 5.26 Å². The smallest absolute Gasteiger partial charge is 0.246 e. The summed E-state index contributed by atoms with van der Waals surface area (Å²) in [4.78, 5) is 26.6. The number of amides is 1. The first-order chi connectivity index (χ1) is 20.7. The van der Waals surface area contributed by atoms with Gasteiger partial charge in [0.2, 0.25) is 11.8 Å². The summed E-state index contributed by atoms with van der Waals surface area (Å²) >= 11 is 0. The number of aryl methyl sites for hydroxylation is 2. The van der Waals surface area contributed by atoms with Crippen LogP contribution in [0.25, 0.3) is 10.9 Å². The molecule has 3 aliphatic heterocycles. The van der Waals surface area contributed by atoms with Gasteiger partial charge in [0, 0.05) is 55.8 Å². The molecule has 0 saturated carbocycles. The lowest BCUT2D eigenvalue weighted by molar-refractivity contribution is -0.130. The number of pyridine rings is 1. The highest BCUT2D eigenvalue weighted by Crippen LogP contribution is 2.40. The first kappa shape index (κ1) is 29.0. The van der Waals surface area contributed by atoms with Gasteiger partial charge in [0.15, 0.2) is 0 Å². The largest absolute Gasteiger partial charge is 0.475 e. The number of ether oxygens (including phenoxy) is 1. The number of likely N-dealkylation sites (N-methyl/N-ethyl adjacent to an activating group) is 1. The van der Waals surface area contributed by atoms with Crippen LogP contribution in [0.3, 0.4) is 0 Å². The van der Waals surface area contributed by atoms with Gasteiger partial charge in [0.25, 0.3) is 0 Å². The number of nitrogens with zero attached hydrogens (tertiary/aromatic N) is 8. The maximum atomic E-state index is 12.7. The molecule has 10 heteroatoms. The van der Waals surface area contributed by atoms with Crippen molar-refractivity contribution in [3.05, 3.63) is 53.4 Å². The Morgan fingerprint density at radius 3 is 2.60 bits per heavy atom. The van der Waals surface area contributed by atoms with Crippen LogP contribution < -0.4 is 14.5 Å². The Morgan fingerprint density at radius 2 is 1.93 bits per heavy atom. The van der Waals surface area contributed by atoms with E-state index in [1.54, 1.807) is 0 Å². The minimum atomic E-state index is -0.0581. The van der Waals surface area contributed by atoms with Crippen LogP contribution in [0.4, 0.5) is 11.4 Å². The number of aromatic nitrogens is 3. The van der Waals surface area contributed by atoms with Crippen LogP contribution in [0.15, 0.2) is 31.0 Å². The Kier molecular flexibility index (Phi) is 7.77. The topological polar surface area (TPSA) is 93.8 Å². The van der Waals surface area contributed by atoms with E-state index in [1.165, 1.54) is 17.3 Å². The lowest BCUT2D eigenvalue weighted by atomic mass is 9.95. The van der Waals surface area contributed by atoms with Gasteiger partial charge in [-0.05, 0) is 71.3 Å². The molecule has 2 aromatic heterocycles. The van der Waals surface area contributed by atoms with Crippen molar-refractivity contribution < 1.29 is 9.53 Å². The fourth-order valence-corrected chi connectivity index (χ4v) is 7.43. The average Bonchev–Trinajstić information content (AvgIpc) is 3.58. The SMILES string of the molecule is C=CC(=O)N1[C@H](C)CN(c2c(C#N)c(OC[C@@H]3CCCN3C)nc3c2CCN(c2c(C)ccc4c2cnn4C)C3)C[C@@H]1C. The summed E-state index contributed by atoms with van der Waals surface area (Å²) < 4.78 is 8.35. The maximum absolute atomic E-state index is 12.7. The number of nitriles is 1. The van der Waals surface area contributed by atoms with Crippen molar-refractivity contribution >= 4 is 28.2 Å². The second-order valence-electron chi connectivity index (χ2n) is 12.4. The van der Waals surface area contributed by atoms with Crippen LogP contribution in [0, 0.1) is 18.3 Å². The number of hydrogen-bond acceptors (Lipinski definition) is 8. The van der Waals surface area contributed by atoms with Gasteiger partial charge in [-0.2, -0.15) is 10.4 Å². The third-order valence-electron chi connectivity index (χ3n) is 9.57. The van der Waals surface area contributed by atoms with Gasteiger partial charge in [-0.15, -0.1) is 0 Å². The highest BCUT2D eigenvalue weighted by molar-refractivity contribution is 5.94. The van der Waals surface area contributed by atoms with Gasteiger partial charge < -0.3 is 24.3 Å². The van der Waals surface area contributed by atoms with Crippen LogP contribution in [0.5, 0.6) is 5.88 Å². The minimum absolute atomic E-state index is 0.0352. The number of fused-ring (bicyclic) bond motifs is 2. The number of likely N-dealkylation sites (tertiary alicyclic amines) is 1. The zero-order chi connectivity index (χ0) is 30.4. The van der Waals surface area contributed by atoms with Gasteiger partial charge in [0.1, 0.15) is 18.2 Å². The van der Waals surface area contributed by atoms with E-state index in [-0.39, 0.29) is 18.0 Å². The summed E-state index contributed by atoms with van der Waals surface area (Å²) in [6, 6.07) is 7.01. The monoisotopic (exact) mass is 582 g/mol. The van der Waals surface area contributed by atoms with E-state index in [4.69, 9.17) is 9.72 Å². The van der Waals surface area contributed by atoms with Crippen LogP contribution in [-0.4, -0.2) is 88.4 Å². The lowest BCUT2D eigenvalue weighted by Crippen LogP contribution is -2.58. The summed E-state index contributed by atoms with van der Waals surface area (Å²) in [7, 11) is 4.10. The Hall–Kier alpha value is -4.10. The molecule has 0 spiro atoms. The Morgan fingerprint density at radius 1 is 1.16 bits per heavy atom. The third kappa shape index (κ3) is 5.10. The van der Waals surface area contributed by atoms with Crippen molar-refractivity contribution in [2.75, 3.05) is 49.6 Å². The zero-order valence-corrected chi connectivity index (χ0v) is 26.0. The van der Waals surface area contributed by atoms with E-state index in [9.17, 15) is 10.1 Å². The van der Waals surface area contributed by atoms with Gasteiger partial charge in [-0.25, -0.2) is 4.98 Å². The predicted octanol–water partition coefficient (Wildman–Crippen LogP) is 3.80. The molecule has 226 valence electrons. The van der Waals surface area contributed by atoms with E-state index in [2.05, 4.69) is 72.4 Å². The molecule has 3 aliphatic rings. The quantitative estimate of drug-likeness (QED) is 0.406. The van der Waals surface area contributed by atoms with E-state index in [0.717, 1.165) is 60.2 Å². The minimum Gasteiger partial charge on any atom is -0.475 e. The van der Waals surface area contributed by atoms with Gasteiger partial charge in [0.05, 0.1) is 35.3 Å². The first-order valence-corrected chi connectivity index (χ1v) is 15.4. The number of benzene rings is 1. The molecule has 3 atom stereocenters. The fourth-order valence-electron chi connectivity index (χ4n) is 7.43. The van der Waals surface area contributed by atoms with Crippen molar-refractivity contribution in [1.82, 2.24) is 24.6 Å². The summed E-state index contributed by atoms with van der Waals surface area (Å²) in [5.74, 6) is 0.358. The highest BCUT2D eigenvalue weighted by atomic mass is 16.5. The van der Waals surface area contributed by atoms with Crippen molar-refractivity contribution in [2.45, 2.75) is 64.7 Å². The molecule has 6 rings (SSSR count). The van der Waals surface area contributed by atoms with Crippen LogP contribution in [0.1, 0.15) is 49.1 Å². The average molecular weight is 583 g/mol. The number of hydrogen-bond donors (Lipinski definition) is 0. The second kappa shape index (κ2) is 11.5. The molecule has 0 N–H and O–H groups in total. The second-order valence-corrected chi connectivity index (χ2v) is 12.4. The number of carbonyl (C=O) groups excluding carboxylic acids is 1. The van der Waals surface area contributed by atoms with E-state index >= 15 is 0 Å². The molecular formula is C33H42N8O2. The number of carbonyl (C=O) groups is 1. The standard InChI is InChI=1S/C33H42N8O2/c1-7-30(42)41-22(3)17-40(18-23(41)4)32-25-12-14-39(31-21(2)10-11-29-27(31)16-35-38(29)6)19-28(25)36-33(26(32)15-34)43-20-24-9-8-13-37(24)5/h7,10-11,16,22-24H,1,8-9,12-14,17-20H2,2-6H3/t22-,23+,24-/m0/s1. The Bertz CT molecular complexity index is 1590. The normalized spacial score (nSPS) is 22.5. The highest BCUT2D eigenvalue weighted by Gasteiger charge is 2.37. The molecule has 0 bridgehead atoms. The maximum Gasteiger partial charge on any atom is 0.246 e. The van der Waals surface area contributed by atoms with E-state index < -0.39 is 0 Å². The summed E-state index contributed by atoms with van der Waals surface area (Å²) in [5, 5.41) is 16.2. The molecule has 5 heterocycles. The summed E-state index contributed by atoms with van der Waals surface area (Å²) in [6.45, 7) is 14.2. The molecule has 10 nitrogen and oxygen atoms in total. The number of piperazine rings is 1. The number of rotatable bonds is 6. The van der Waals surface area contributed by atoms with Crippen molar-refractivity contribution in [3.8, 4) is 11.9 Å².